The van der Waals surface area contributed by atoms with E-state index in [9.17, 15) is 9.59 Å². The highest BCUT2D eigenvalue weighted by atomic mass is 16.5. The van der Waals surface area contributed by atoms with E-state index in [0.717, 1.165) is 5.56 Å². The van der Waals surface area contributed by atoms with Crippen molar-refractivity contribution >= 4 is 33.6 Å². The molecule has 0 fully saturated rings. The molecule has 1 N–H and O–H groups in total. The highest BCUT2D eigenvalue weighted by Crippen LogP contribution is 2.32. The van der Waals surface area contributed by atoms with E-state index in [4.69, 9.17) is 9.15 Å². The summed E-state index contributed by atoms with van der Waals surface area (Å²) in [4.78, 5) is 33.8. The van der Waals surface area contributed by atoms with E-state index >= 15 is 0 Å². The van der Waals surface area contributed by atoms with E-state index in [2.05, 4.69) is 15.3 Å². The van der Waals surface area contributed by atoms with Gasteiger partial charge in [-0.2, -0.15) is 0 Å². The van der Waals surface area contributed by atoms with Gasteiger partial charge in [0.05, 0.1) is 12.6 Å². The minimum Gasteiger partial charge on any atom is -0.493 e. The minimum atomic E-state index is -0.641. The monoisotopic (exact) mass is 375 g/mol. The van der Waals surface area contributed by atoms with Crippen LogP contribution >= 0.6 is 0 Å². The average molecular weight is 375 g/mol. The maximum absolute atomic E-state index is 12.7. The number of amides is 1. The molecule has 4 aromatic rings. The Labute approximate surface area is 160 Å². The molecule has 0 aliphatic heterocycles. The lowest BCUT2D eigenvalue weighted by atomic mass is 10.1. The van der Waals surface area contributed by atoms with Crippen molar-refractivity contribution in [2.24, 2.45) is 0 Å². The van der Waals surface area contributed by atoms with Crippen molar-refractivity contribution in [3.05, 3.63) is 59.0 Å². The zero-order valence-electron chi connectivity index (χ0n) is 15.4. The molecule has 4 rings (SSSR count). The molecular formula is C21H17N3O4. The summed E-state index contributed by atoms with van der Waals surface area (Å²) in [7, 11) is 1.50. The van der Waals surface area contributed by atoms with Crippen LogP contribution in [0.1, 0.15) is 13.3 Å². The van der Waals surface area contributed by atoms with Crippen molar-refractivity contribution in [2.75, 3.05) is 12.4 Å². The quantitative estimate of drug-likeness (QED) is 0.431. The molecule has 2 heterocycles. The number of anilines is 1. The van der Waals surface area contributed by atoms with Gasteiger partial charge in [0.1, 0.15) is 5.39 Å². The molecule has 140 valence electrons. The Morgan fingerprint density at radius 1 is 1.11 bits per heavy atom. The lowest BCUT2D eigenvalue weighted by Crippen LogP contribution is -2.15. The Morgan fingerprint density at radius 2 is 1.89 bits per heavy atom. The molecule has 7 nitrogen and oxygen atoms in total. The van der Waals surface area contributed by atoms with Crippen LogP contribution < -0.4 is 15.7 Å². The van der Waals surface area contributed by atoms with E-state index in [-0.39, 0.29) is 23.5 Å². The number of hydrogen-bond donors (Lipinski definition) is 1. The van der Waals surface area contributed by atoms with Crippen LogP contribution in [0.25, 0.3) is 33.3 Å². The summed E-state index contributed by atoms with van der Waals surface area (Å²) < 4.78 is 10.8. The Balaban J connectivity index is 2.12. The number of methoxy groups -OCH3 is 1. The number of ether oxygens (including phenoxy) is 1. The number of aromatic nitrogens is 2. The van der Waals surface area contributed by atoms with Gasteiger partial charge in [-0.1, -0.05) is 43.3 Å². The number of carbonyl (C=O) groups excluding carboxylic acids is 1. The molecule has 0 radical (unpaired) electrons. The van der Waals surface area contributed by atoms with Crippen LogP contribution in [0, 0.1) is 0 Å². The zero-order valence-corrected chi connectivity index (χ0v) is 15.4. The highest BCUT2D eigenvalue weighted by molar-refractivity contribution is 6.09. The molecule has 0 aliphatic rings. The zero-order chi connectivity index (χ0) is 19.7. The Hall–Kier alpha value is -3.74. The lowest BCUT2D eigenvalue weighted by molar-refractivity contribution is -0.115. The van der Waals surface area contributed by atoms with E-state index < -0.39 is 5.63 Å². The molecule has 0 aliphatic carbocycles. The van der Waals surface area contributed by atoms with Crippen molar-refractivity contribution < 1.29 is 13.9 Å². The number of para-hydroxylation sites is 1. The van der Waals surface area contributed by atoms with Crippen molar-refractivity contribution in [1.29, 1.82) is 0 Å². The van der Waals surface area contributed by atoms with Gasteiger partial charge in [0.25, 0.3) is 0 Å². The molecule has 0 bridgehead atoms. The first-order valence-electron chi connectivity index (χ1n) is 8.79. The summed E-state index contributed by atoms with van der Waals surface area (Å²) in [6, 6.07) is 14.6. The Bertz CT molecular complexity index is 1250. The van der Waals surface area contributed by atoms with Crippen LogP contribution in [0.4, 0.5) is 5.82 Å². The van der Waals surface area contributed by atoms with Gasteiger partial charge in [0.2, 0.25) is 5.91 Å². The van der Waals surface area contributed by atoms with E-state index in [1.165, 1.54) is 7.11 Å². The number of rotatable bonds is 4. The first kappa shape index (κ1) is 17.7. The number of fused-ring (bicyclic) bond motifs is 3. The molecule has 2 aromatic heterocycles. The van der Waals surface area contributed by atoms with Gasteiger partial charge < -0.3 is 14.5 Å². The van der Waals surface area contributed by atoms with Crippen LogP contribution in [0.2, 0.25) is 0 Å². The second-order valence-electron chi connectivity index (χ2n) is 6.11. The lowest BCUT2D eigenvalue weighted by Gasteiger charge is -2.11. The fourth-order valence-electron chi connectivity index (χ4n) is 2.99. The van der Waals surface area contributed by atoms with Crippen LogP contribution in [0.3, 0.4) is 0 Å². The normalized spacial score (nSPS) is 10.9. The first-order chi connectivity index (χ1) is 13.6. The van der Waals surface area contributed by atoms with Crippen LogP contribution in [-0.2, 0) is 4.79 Å². The fraction of sp³-hybridized carbons (Fsp3) is 0.143. The van der Waals surface area contributed by atoms with Crippen LogP contribution in [0.5, 0.6) is 5.75 Å². The third-order valence-electron chi connectivity index (χ3n) is 4.37. The number of nitrogens with zero attached hydrogens (tertiary/aromatic N) is 2. The summed E-state index contributed by atoms with van der Waals surface area (Å²) in [5, 5.41) is 3.42. The summed E-state index contributed by atoms with van der Waals surface area (Å²) in [5.74, 6) is 0.697. The third kappa shape index (κ3) is 2.96. The van der Waals surface area contributed by atoms with Crippen molar-refractivity contribution in [1.82, 2.24) is 9.97 Å². The number of benzene rings is 2. The predicted molar refractivity (Wildman–Crippen MR) is 106 cm³/mol. The van der Waals surface area contributed by atoms with E-state index in [0.29, 0.717) is 28.1 Å². The van der Waals surface area contributed by atoms with Gasteiger partial charge in [-0.05, 0) is 12.1 Å². The highest BCUT2D eigenvalue weighted by Gasteiger charge is 2.19. The smallest absolute Gasteiger partial charge is 0.349 e. The number of hydrogen-bond acceptors (Lipinski definition) is 6. The second-order valence-corrected chi connectivity index (χ2v) is 6.11. The Morgan fingerprint density at radius 3 is 2.61 bits per heavy atom. The molecule has 7 heteroatoms. The average Bonchev–Trinajstić information content (AvgIpc) is 2.73. The molecular weight excluding hydrogens is 358 g/mol. The SMILES string of the molecule is CCC(=O)Nc1nc(-c2ccccc2)nc2c1c(=O)oc1c(OC)cccc12. The molecule has 0 unspecified atom stereocenters. The summed E-state index contributed by atoms with van der Waals surface area (Å²) >= 11 is 0. The molecule has 0 spiro atoms. The first-order valence-corrected chi connectivity index (χ1v) is 8.79. The Kier molecular flexibility index (Phi) is 4.49. The number of carbonyl (C=O) groups is 1. The maximum atomic E-state index is 12.7. The summed E-state index contributed by atoms with van der Waals surface area (Å²) in [6.07, 6.45) is 0.249. The van der Waals surface area contributed by atoms with Gasteiger partial charge in [0, 0.05) is 17.4 Å². The van der Waals surface area contributed by atoms with Crippen molar-refractivity contribution in [3.8, 4) is 17.1 Å². The number of nitrogens with one attached hydrogen (secondary N) is 1. The minimum absolute atomic E-state index is 0.127. The second kappa shape index (κ2) is 7.11. The molecule has 0 atom stereocenters. The topological polar surface area (TPSA) is 94.3 Å². The van der Waals surface area contributed by atoms with Gasteiger partial charge >= 0.3 is 5.63 Å². The predicted octanol–water partition coefficient (Wildman–Crippen LogP) is 3.76. The van der Waals surface area contributed by atoms with Crippen LogP contribution in [0.15, 0.2) is 57.7 Å². The van der Waals surface area contributed by atoms with Gasteiger partial charge in [0.15, 0.2) is 23.0 Å². The fourth-order valence-corrected chi connectivity index (χ4v) is 2.99. The molecule has 28 heavy (non-hydrogen) atoms. The van der Waals surface area contributed by atoms with Crippen molar-refractivity contribution in [2.45, 2.75) is 13.3 Å². The standard InChI is InChI=1S/C21H17N3O4/c1-3-15(25)22-20-16-17(23-19(24-20)12-8-5-4-6-9-12)13-10-7-11-14(27-2)18(13)28-21(16)26/h4-11H,3H2,1-2H3,(H,22,23,24,25). The summed E-state index contributed by atoms with van der Waals surface area (Å²) in [6.45, 7) is 1.72. The van der Waals surface area contributed by atoms with Crippen LogP contribution in [-0.4, -0.2) is 23.0 Å². The van der Waals surface area contributed by atoms with Gasteiger partial charge in [-0.25, -0.2) is 14.8 Å². The van der Waals surface area contributed by atoms with Gasteiger partial charge in [-0.3, -0.25) is 4.79 Å². The van der Waals surface area contributed by atoms with E-state index in [1.54, 1.807) is 25.1 Å². The molecule has 1 amide bonds. The third-order valence-corrected chi connectivity index (χ3v) is 4.37. The molecule has 2 aromatic carbocycles. The summed E-state index contributed by atoms with van der Waals surface area (Å²) in [5.41, 5.74) is 0.817. The maximum Gasteiger partial charge on any atom is 0.349 e. The molecule has 0 saturated carbocycles. The largest absolute Gasteiger partial charge is 0.493 e. The van der Waals surface area contributed by atoms with Crippen molar-refractivity contribution in [3.63, 3.8) is 0 Å². The molecule has 0 saturated heterocycles. The van der Waals surface area contributed by atoms with Gasteiger partial charge in [-0.15, -0.1) is 0 Å². The van der Waals surface area contributed by atoms with E-state index in [1.807, 2.05) is 30.3 Å².